The van der Waals surface area contributed by atoms with Gasteiger partial charge >= 0.3 is 0 Å². The zero-order valence-corrected chi connectivity index (χ0v) is 10.5. The van der Waals surface area contributed by atoms with E-state index in [9.17, 15) is 4.79 Å². The molecule has 0 unspecified atom stereocenters. The highest BCUT2D eigenvalue weighted by Gasteiger charge is 2.18. The van der Waals surface area contributed by atoms with Gasteiger partial charge in [-0.2, -0.15) is 0 Å². The van der Waals surface area contributed by atoms with E-state index in [2.05, 4.69) is 5.32 Å². The van der Waals surface area contributed by atoms with Crippen molar-refractivity contribution in [3.8, 4) is 0 Å². The maximum Gasteiger partial charge on any atom is 0.241 e. The van der Waals surface area contributed by atoms with Gasteiger partial charge in [0, 0.05) is 19.8 Å². The molecule has 1 aromatic carbocycles. The van der Waals surface area contributed by atoms with Gasteiger partial charge in [0.15, 0.2) is 0 Å². The molecule has 1 atom stereocenters. The largest absolute Gasteiger partial charge is 0.381 e. The summed E-state index contributed by atoms with van der Waals surface area (Å²) in [7, 11) is 0. The molecule has 3 N–H and O–H groups in total. The van der Waals surface area contributed by atoms with Gasteiger partial charge in [0.2, 0.25) is 5.91 Å². The molecule has 0 aromatic heterocycles. The Morgan fingerprint density at radius 1 is 1.33 bits per heavy atom. The molecule has 18 heavy (non-hydrogen) atoms. The lowest BCUT2D eigenvalue weighted by Gasteiger charge is -2.23. The molecule has 1 aliphatic heterocycles. The first-order valence-corrected chi connectivity index (χ1v) is 6.43. The number of amides is 1. The van der Waals surface area contributed by atoms with Crippen molar-refractivity contribution in [1.29, 1.82) is 0 Å². The van der Waals surface area contributed by atoms with E-state index in [1.807, 2.05) is 30.3 Å². The molecule has 4 heteroatoms. The van der Waals surface area contributed by atoms with Gasteiger partial charge in [-0.3, -0.25) is 4.79 Å². The Hall–Kier alpha value is -1.39. The zero-order valence-electron chi connectivity index (χ0n) is 10.5. The standard InChI is InChI=1S/C14H20N2O2/c15-13(12-4-2-1-3-5-12)14(17)16-10-11-6-8-18-9-7-11/h1-5,11,13H,6-10,15H2,(H,16,17)/t13-/m0/s1. The fourth-order valence-corrected chi connectivity index (χ4v) is 2.12. The van der Waals surface area contributed by atoms with Crippen LogP contribution in [0.15, 0.2) is 30.3 Å². The number of hydrogen-bond donors (Lipinski definition) is 2. The summed E-state index contributed by atoms with van der Waals surface area (Å²) in [5.74, 6) is 0.415. The lowest BCUT2D eigenvalue weighted by Crippen LogP contribution is -2.38. The third-order valence-corrected chi connectivity index (χ3v) is 3.35. The van der Waals surface area contributed by atoms with Gasteiger partial charge in [-0.05, 0) is 24.3 Å². The van der Waals surface area contributed by atoms with Crippen molar-refractivity contribution in [2.24, 2.45) is 11.7 Å². The van der Waals surface area contributed by atoms with Crippen molar-refractivity contribution in [1.82, 2.24) is 5.32 Å². The topological polar surface area (TPSA) is 64.4 Å². The Bertz CT molecular complexity index is 375. The molecule has 98 valence electrons. The summed E-state index contributed by atoms with van der Waals surface area (Å²) in [6.45, 7) is 2.29. The zero-order chi connectivity index (χ0) is 12.8. The second-order valence-electron chi connectivity index (χ2n) is 4.69. The van der Waals surface area contributed by atoms with Crippen LogP contribution < -0.4 is 11.1 Å². The van der Waals surface area contributed by atoms with Crippen molar-refractivity contribution in [2.45, 2.75) is 18.9 Å². The Labute approximate surface area is 108 Å². The Morgan fingerprint density at radius 3 is 2.67 bits per heavy atom. The molecule has 0 aliphatic carbocycles. The summed E-state index contributed by atoms with van der Waals surface area (Å²) in [6, 6.07) is 8.86. The van der Waals surface area contributed by atoms with E-state index in [-0.39, 0.29) is 5.91 Å². The molecule has 0 bridgehead atoms. The minimum absolute atomic E-state index is 0.104. The summed E-state index contributed by atoms with van der Waals surface area (Å²) >= 11 is 0. The van der Waals surface area contributed by atoms with Crippen LogP contribution in [0.5, 0.6) is 0 Å². The first-order chi connectivity index (χ1) is 8.77. The average molecular weight is 248 g/mol. The first-order valence-electron chi connectivity index (χ1n) is 6.43. The van der Waals surface area contributed by atoms with Crippen molar-refractivity contribution in [2.75, 3.05) is 19.8 Å². The van der Waals surface area contributed by atoms with Crippen LogP contribution in [0.3, 0.4) is 0 Å². The molecule has 1 saturated heterocycles. The summed E-state index contributed by atoms with van der Waals surface area (Å²) in [5.41, 5.74) is 6.77. The van der Waals surface area contributed by atoms with E-state index < -0.39 is 6.04 Å². The van der Waals surface area contributed by atoms with Gasteiger partial charge in [-0.15, -0.1) is 0 Å². The molecule has 1 fully saturated rings. The van der Waals surface area contributed by atoms with Gasteiger partial charge in [0.25, 0.3) is 0 Å². The number of nitrogens with two attached hydrogens (primary N) is 1. The number of ether oxygens (including phenoxy) is 1. The van der Waals surface area contributed by atoms with Crippen LogP contribution in [0, 0.1) is 5.92 Å². The van der Waals surface area contributed by atoms with Gasteiger partial charge < -0.3 is 15.8 Å². The van der Waals surface area contributed by atoms with Crippen LogP contribution in [0.4, 0.5) is 0 Å². The van der Waals surface area contributed by atoms with Crippen LogP contribution in [0.25, 0.3) is 0 Å². The number of benzene rings is 1. The lowest BCUT2D eigenvalue weighted by molar-refractivity contribution is -0.122. The number of carbonyl (C=O) groups excluding carboxylic acids is 1. The van der Waals surface area contributed by atoms with Crippen LogP contribution in [-0.2, 0) is 9.53 Å². The molecule has 1 heterocycles. The lowest BCUT2D eigenvalue weighted by atomic mass is 10.00. The summed E-state index contributed by atoms with van der Waals surface area (Å²) in [5, 5.41) is 2.93. The van der Waals surface area contributed by atoms with Gasteiger partial charge in [-0.25, -0.2) is 0 Å². The highest BCUT2D eigenvalue weighted by Crippen LogP contribution is 2.14. The van der Waals surface area contributed by atoms with E-state index in [4.69, 9.17) is 10.5 Å². The SMILES string of the molecule is N[C@H](C(=O)NCC1CCOCC1)c1ccccc1. The van der Waals surface area contributed by atoms with Crippen molar-refractivity contribution >= 4 is 5.91 Å². The molecule has 1 amide bonds. The second-order valence-corrected chi connectivity index (χ2v) is 4.69. The fourth-order valence-electron chi connectivity index (χ4n) is 2.12. The quantitative estimate of drug-likeness (QED) is 0.842. The highest BCUT2D eigenvalue weighted by molar-refractivity contribution is 5.82. The molecule has 4 nitrogen and oxygen atoms in total. The average Bonchev–Trinajstić information content (AvgIpc) is 2.46. The van der Waals surface area contributed by atoms with Crippen LogP contribution >= 0.6 is 0 Å². The Morgan fingerprint density at radius 2 is 2.00 bits per heavy atom. The van der Waals surface area contributed by atoms with E-state index >= 15 is 0 Å². The predicted molar refractivity (Wildman–Crippen MR) is 69.9 cm³/mol. The summed E-state index contributed by atoms with van der Waals surface area (Å²) in [6.07, 6.45) is 2.03. The van der Waals surface area contributed by atoms with Crippen LogP contribution in [0.2, 0.25) is 0 Å². The Kier molecular flexibility index (Phi) is 4.73. The molecular formula is C14H20N2O2. The number of nitrogens with one attached hydrogen (secondary N) is 1. The third-order valence-electron chi connectivity index (χ3n) is 3.35. The van der Waals surface area contributed by atoms with E-state index in [1.165, 1.54) is 0 Å². The van der Waals surface area contributed by atoms with Gasteiger partial charge in [0.1, 0.15) is 6.04 Å². The molecule has 2 rings (SSSR count). The molecule has 0 saturated carbocycles. The molecule has 1 aromatic rings. The smallest absolute Gasteiger partial charge is 0.241 e. The maximum atomic E-state index is 11.9. The van der Waals surface area contributed by atoms with Crippen LogP contribution in [-0.4, -0.2) is 25.7 Å². The third kappa shape index (κ3) is 3.55. The van der Waals surface area contributed by atoms with Crippen molar-refractivity contribution in [3.63, 3.8) is 0 Å². The van der Waals surface area contributed by atoms with Gasteiger partial charge in [0.05, 0.1) is 0 Å². The number of rotatable bonds is 4. The monoisotopic (exact) mass is 248 g/mol. The molecule has 1 aliphatic rings. The van der Waals surface area contributed by atoms with Crippen LogP contribution in [0.1, 0.15) is 24.4 Å². The normalized spacial score (nSPS) is 18.3. The molecular weight excluding hydrogens is 228 g/mol. The minimum atomic E-state index is -0.578. The van der Waals surface area contributed by atoms with E-state index in [0.29, 0.717) is 12.5 Å². The van der Waals surface area contributed by atoms with Crippen molar-refractivity contribution in [3.05, 3.63) is 35.9 Å². The summed E-state index contributed by atoms with van der Waals surface area (Å²) in [4.78, 5) is 11.9. The number of carbonyl (C=O) groups is 1. The Balaban J connectivity index is 1.80. The predicted octanol–water partition coefficient (Wildman–Crippen LogP) is 1.23. The molecule has 0 spiro atoms. The van der Waals surface area contributed by atoms with E-state index in [0.717, 1.165) is 31.6 Å². The van der Waals surface area contributed by atoms with E-state index in [1.54, 1.807) is 0 Å². The summed E-state index contributed by atoms with van der Waals surface area (Å²) < 4.78 is 5.29. The second kappa shape index (κ2) is 6.52. The first kappa shape index (κ1) is 13.1. The fraction of sp³-hybridized carbons (Fsp3) is 0.500. The van der Waals surface area contributed by atoms with Crippen molar-refractivity contribution < 1.29 is 9.53 Å². The number of hydrogen-bond acceptors (Lipinski definition) is 3. The van der Waals surface area contributed by atoms with Gasteiger partial charge in [-0.1, -0.05) is 30.3 Å². The minimum Gasteiger partial charge on any atom is -0.381 e. The molecule has 0 radical (unpaired) electrons. The maximum absolute atomic E-state index is 11.9. The highest BCUT2D eigenvalue weighted by atomic mass is 16.5.